The van der Waals surface area contributed by atoms with Crippen LogP contribution in [-0.4, -0.2) is 18.4 Å². The topological polar surface area (TPSA) is 35.2 Å². The van der Waals surface area contributed by atoms with E-state index < -0.39 is 0 Å². The highest BCUT2D eigenvalue weighted by molar-refractivity contribution is 7.99. The third kappa shape index (κ3) is 6.27. The molecule has 0 saturated heterocycles. The van der Waals surface area contributed by atoms with Gasteiger partial charge in [-0.2, -0.15) is 0 Å². The summed E-state index contributed by atoms with van der Waals surface area (Å²) >= 11 is 1.73. The van der Waals surface area contributed by atoms with Crippen molar-refractivity contribution in [1.82, 2.24) is 0 Å². The van der Waals surface area contributed by atoms with Gasteiger partial charge in [0.05, 0.1) is 12.7 Å². The van der Waals surface area contributed by atoms with E-state index >= 15 is 0 Å². The van der Waals surface area contributed by atoms with Gasteiger partial charge in [-0.1, -0.05) is 6.92 Å². The van der Waals surface area contributed by atoms with E-state index in [0.29, 0.717) is 6.73 Å². The van der Waals surface area contributed by atoms with E-state index in [1.807, 2.05) is 0 Å². The van der Waals surface area contributed by atoms with E-state index in [2.05, 4.69) is 6.92 Å². The van der Waals surface area contributed by atoms with E-state index in [0.717, 1.165) is 11.7 Å². The van der Waals surface area contributed by atoms with Crippen molar-refractivity contribution in [2.75, 3.05) is 18.4 Å². The fourth-order valence-electron chi connectivity index (χ4n) is 0.190. The van der Waals surface area contributed by atoms with Crippen molar-refractivity contribution in [3.8, 4) is 0 Å². The molecule has 0 fully saturated rings. The molecule has 0 aliphatic carbocycles. The summed E-state index contributed by atoms with van der Waals surface area (Å²) in [5.41, 5.74) is 5.03. The lowest BCUT2D eigenvalue weighted by Gasteiger charge is -1.94. The van der Waals surface area contributed by atoms with Crippen LogP contribution in [-0.2, 0) is 4.74 Å². The van der Waals surface area contributed by atoms with Crippen molar-refractivity contribution in [3.63, 3.8) is 0 Å². The number of thioether (sulfide) groups is 1. The van der Waals surface area contributed by atoms with E-state index in [-0.39, 0.29) is 0 Å². The van der Waals surface area contributed by atoms with Crippen LogP contribution in [0.3, 0.4) is 0 Å². The van der Waals surface area contributed by atoms with Crippen molar-refractivity contribution in [2.45, 2.75) is 6.92 Å². The molecular formula is C4H11NOS. The predicted octanol–water partition coefficient (Wildman–Crippen LogP) is 0.630. The minimum Gasteiger partial charge on any atom is -0.356 e. The van der Waals surface area contributed by atoms with Crippen LogP contribution in [0.15, 0.2) is 0 Å². The highest BCUT2D eigenvalue weighted by Crippen LogP contribution is 1.95. The van der Waals surface area contributed by atoms with Crippen LogP contribution in [0.1, 0.15) is 6.92 Å². The molecule has 0 aromatic heterocycles. The lowest BCUT2D eigenvalue weighted by molar-refractivity contribution is 0.191. The lowest BCUT2D eigenvalue weighted by Crippen LogP contribution is -2.03. The van der Waals surface area contributed by atoms with Crippen molar-refractivity contribution in [3.05, 3.63) is 0 Å². The van der Waals surface area contributed by atoms with Crippen LogP contribution in [0.5, 0.6) is 0 Å². The highest BCUT2D eigenvalue weighted by Gasteiger charge is 1.78. The summed E-state index contributed by atoms with van der Waals surface area (Å²) in [4.78, 5) is 0. The van der Waals surface area contributed by atoms with E-state index in [1.165, 1.54) is 0 Å². The first-order chi connectivity index (χ1) is 3.41. The molecule has 0 bridgehead atoms. The van der Waals surface area contributed by atoms with Gasteiger partial charge in [-0.05, 0) is 5.75 Å². The van der Waals surface area contributed by atoms with Crippen LogP contribution in [0, 0.1) is 0 Å². The molecule has 0 amide bonds. The molecule has 0 aromatic carbocycles. The Labute approximate surface area is 48.4 Å². The largest absolute Gasteiger partial charge is 0.356 e. The minimum absolute atomic E-state index is 0.340. The minimum atomic E-state index is 0.340. The van der Waals surface area contributed by atoms with Crippen molar-refractivity contribution < 1.29 is 4.74 Å². The van der Waals surface area contributed by atoms with Crippen LogP contribution < -0.4 is 5.73 Å². The third-order valence-electron chi connectivity index (χ3n) is 0.489. The third-order valence-corrected chi connectivity index (χ3v) is 1.23. The normalized spacial score (nSPS) is 9.43. The molecule has 0 saturated carbocycles. The molecule has 0 atom stereocenters. The lowest BCUT2D eigenvalue weighted by atomic mass is 11.0. The molecule has 3 heteroatoms. The molecule has 0 aliphatic rings. The van der Waals surface area contributed by atoms with Crippen molar-refractivity contribution >= 4 is 11.8 Å². The summed E-state index contributed by atoms with van der Waals surface area (Å²) in [6, 6.07) is 0. The molecule has 2 nitrogen and oxygen atoms in total. The molecule has 0 radical (unpaired) electrons. The van der Waals surface area contributed by atoms with Gasteiger partial charge in [0.1, 0.15) is 0 Å². The summed E-state index contributed by atoms with van der Waals surface area (Å²) in [6.07, 6.45) is 0. The van der Waals surface area contributed by atoms with Gasteiger partial charge in [-0.3, -0.25) is 0 Å². The number of ether oxygens (including phenoxy) is 1. The zero-order valence-electron chi connectivity index (χ0n) is 4.52. The summed E-state index contributed by atoms with van der Waals surface area (Å²) in [5.74, 6) is 1.83. The number of rotatable bonds is 4. The zero-order chi connectivity index (χ0) is 5.54. The monoisotopic (exact) mass is 121 g/mol. The van der Waals surface area contributed by atoms with Gasteiger partial charge in [0.2, 0.25) is 0 Å². The van der Waals surface area contributed by atoms with Crippen LogP contribution >= 0.6 is 11.8 Å². The summed E-state index contributed by atoms with van der Waals surface area (Å²) in [6.45, 7) is 2.43. The molecule has 0 aliphatic heterocycles. The first-order valence-corrected chi connectivity index (χ1v) is 3.42. The van der Waals surface area contributed by atoms with Gasteiger partial charge in [-0.15, -0.1) is 11.8 Å². The Balaban J connectivity index is 2.45. The first-order valence-electron chi connectivity index (χ1n) is 2.27. The maximum atomic E-state index is 5.03. The maximum Gasteiger partial charge on any atom is 0.0951 e. The van der Waals surface area contributed by atoms with Crippen LogP contribution in [0.4, 0.5) is 0 Å². The summed E-state index contributed by atoms with van der Waals surface area (Å²) in [5, 5.41) is 0. The van der Waals surface area contributed by atoms with Crippen molar-refractivity contribution in [2.24, 2.45) is 5.73 Å². The average molecular weight is 121 g/mol. The van der Waals surface area contributed by atoms with Gasteiger partial charge in [0, 0.05) is 0 Å². The van der Waals surface area contributed by atoms with Gasteiger partial charge in [-0.25, -0.2) is 0 Å². The fraction of sp³-hybridized carbons (Fsp3) is 1.00. The second-order valence-corrected chi connectivity index (χ2v) is 2.20. The Hall–Kier alpha value is 0.270. The van der Waals surface area contributed by atoms with Gasteiger partial charge >= 0.3 is 0 Å². The quantitative estimate of drug-likeness (QED) is 0.437. The summed E-state index contributed by atoms with van der Waals surface area (Å²) in [7, 11) is 0. The highest BCUT2D eigenvalue weighted by atomic mass is 32.2. The van der Waals surface area contributed by atoms with Crippen LogP contribution in [0.25, 0.3) is 0 Å². The Morgan fingerprint density at radius 3 is 2.86 bits per heavy atom. The van der Waals surface area contributed by atoms with Crippen molar-refractivity contribution in [1.29, 1.82) is 0 Å². The number of nitrogens with two attached hydrogens (primary N) is 1. The fourth-order valence-corrected chi connectivity index (χ4v) is 0.571. The van der Waals surface area contributed by atoms with E-state index in [1.54, 1.807) is 11.8 Å². The van der Waals surface area contributed by atoms with E-state index in [9.17, 15) is 0 Å². The molecular weight excluding hydrogens is 110 g/mol. The standard InChI is InChI=1S/C4H11NOS/c1-2-7-4-6-3-5/h2-5H2,1H3. The maximum absolute atomic E-state index is 5.03. The second kappa shape index (κ2) is 6.27. The first kappa shape index (κ1) is 7.27. The molecule has 0 unspecified atom stereocenters. The average Bonchev–Trinajstić information content (AvgIpc) is 1.69. The molecule has 0 spiro atoms. The van der Waals surface area contributed by atoms with Crippen LogP contribution in [0.2, 0.25) is 0 Å². The predicted molar refractivity (Wildman–Crippen MR) is 33.1 cm³/mol. The Morgan fingerprint density at radius 1 is 1.71 bits per heavy atom. The van der Waals surface area contributed by atoms with E-state index in [4.69, 9.17) is 10.5 Å². The molecule has 0 aromatic rings. The Kier molecular flexibility index (Phi) is 6.51. The summed E-state index contributed by atoms with van der Waals surface area (Å²) < 4.78 is 4.81. The Bertz CT molecular complexity index is 30.9. The number of hydrogen-bond donors (Lipinski definition) is 1. The molecule has 7 heavy (non-hydrogen) atoms. The van der Waals surface area contributed by atoms with Gasteiger partial charge in [0.25, 0.3) is 0 Å². The SMILES string of the molecule is CCSCOCN. The van der Waals surface area contributed by atoms with Gasteiger partial charge < -0.3 is 10.5 Å². The molecule has 0 heterocycles. The second-order valence-electron chi connectivity index (χ2n) is 0.981. The number of hydrogen-bond acceptors (Lipinski definition) is 3. The molecule has 2 N–H and O–H groups in total. The Morgan fingerprint density at radius 2 is 2.43 bits per heavy atom. The molecule has 44 valence electrons. The van der Waals surface area contributed by atoms with Gasteiger partial charge in [0.15, 0.2) is 0 Å². The molecule has 0 rings (SSSR count). The zero-order valence-corrected chi connectivity index (χ0v) is 5.33. The smallest absolute Gasteiger partial charge is 0.0951 e.